The van der Waals surface area contributed by atoms with Gasteiger partial charge < -0.3 is 0 Å². The van der Waals surface area contributed by atoms with E-state index in [2.05, 4.69) is 4.99 Å². The average Bonchev–Trinajstić information content (AvgIpc) is 3.01. The zero-order valence-corrected chi connectivity index (χ0v) is 16.6. The van der Waals surface area contributed by atoms with Crippen molar-refractivity contribution in [3.05, 3.63) is 105 Å². The molecule has 0 aliphatic carbocycles. The average molecular weight is 407 g/mol. The zero-order chi connectivity index (χ0) is 19.7. The number of amidine groups is 1. The molecular weight excluding hydrogens is 391 g/mol. The first-order valence-corrected chi connectivity index (χ1v) is 9.50. The molecule has 0 atom stereocenters. The van der Waals surface area contributed by atoms with E-state index >= 15 is 0 Å². The number of aliphatic imine (C=N–C) groups is 1. The number of anilines is 1. The van der Waals surface area contributed by atoms with Crippen LogP contribution in [0, 0.1) is 6.92 Å². The molecule has 3 aromatic rings. The second kappa shape index (κ2) is 7.63. The fourth-order valence-corrected chi connectivity index (χ4v) is 3.34. The fraction of sp³-hybridized carbons (Fsp3) is 0.0435. The predicted octanol–water partition coefficient (Wildman–Crippen LogP) is 6.14. The van der Waals surface area contributed by atoms with Crippen molar-refractivity contribution in [3.63, 3.8) is 0 Å². The Bertz CT molecular complexity index is 1100. The van der Waals surface area contributed by atoms with E-state index in [0.717, 1.165) is 16.8 Å². The van der Waals surface area contributed by atoms with Gasteiger partial charge in [-0.1, -0.05) is 65.2 Å². The number of halogens is 2. The van der Waals surface area contributed by atoms with Crippen LogP contribution in [0.5, 0.6) is 0 Å². The number of carbonyl (C=O) groups is 1. The van der Waals surface area contributed by atoms with Crippen LogP contribution >= 0.6 is 23.2 Å². The van der Waals surface area contributed by atoms with E-state index in [-0.39, 0.29) is 5.91 Å². The van der Waals surface area contributed by atoms with Gasteiger partial charge in [-0.3, -0.25) is 9.69 Å². The third-order valence-electron chi connectivity index (χ3n) is 4.44. The van der Waals surface area contributed by atoms with Crippen LogP contribution < -0.4 is 4.90 Å². The van der Waals surface area contributed by atoms with E-state index in [1.165, 1.54) is 0 Å². The number of hydrogen-bond donors (Lipinski definition) is 0. The first kappa shape index (κ1) is 18.5. The summed E-state index contributed by atoms with van der Waals surface area (Å²) in [6, 6.07) is 22.4. The second-order valence-electron chi connectivity index (χ2n) is 6.47. The summed E-state index contributed by atoms with van der Waals surface area (Å²) < 4.78 is 0. The van der Waals surface area contributed by atoms with Crippen molar-refractivity contribution in [2.75, 3.05) is 4.90 Å². The van der Waals surface area contributed by atoms with Gasteiger partial charge in [0.2, 0.25) is 0 Å². The van der Waals surface area contributed by atoms with Crippen LogP contribution in [-0.4, -0.2) is 11.7 Å². The summed E-state index contributed by atoms with van der Waals surface area (Å²) in [6.45, 7) is 2.00. The molecule has 0 spiro atoms. The van der Waals surface area contributed by atoms with Gasteiger partial charge in [0, 0.05) is 10.6 Å². The van der Waals surface area contributed by atoms with E-state index in [9.17, 15) is 4.79 Å². The quantitative estimate of drug-likeness (QED) is 0.481. The molecule has 138 valence electrons. The van der Waals surface area contributed by atoms with Gasteiger partial charge >= 0.3 is 0 Å². The number of amides is 1. The molecule has 0 radical (unpaired) electrons. The highest BCUT2D eigenvalue weighted by molar-refractivity contribution is 6.39. The highest BCUT2D eigenvalue weighted by atomic mass is 35.5. The number of hydrogen-bond acceptors (Lipinski definition) is 2. The molecule has 4 rings (SSSR count). The van der Waals surface area contributed by atoms with Gasteiger partial charge in [-0.2, -0.15) is 0 Å². The predicted molar refractivity (Wildman–Crippen MR) is 116 cm³/mol. The summed E-state index contributed by atoms with van der Waals surface area (Å²) in [7, 11) is 0. The number of rotatable bonds is 3. The SMILES string of the molecule is Cc1ccc(N2C(=O)/C(=C\c3ccc(Cl)cc3)N=C2c2ccccc2Cl)cc1. The van der Waals surface area contributed by atoms with Crippen molar-refractivity contribution >= 4 is 46.7 Å². The minimum atomic E-state index is -0.200. The second-order valence-corrected chi connectivity index (χ2v) is 7.32. The van der Waals surface area contributed by atoms with Crippen molar-refractivity contribution in [1.29, 1.82) is 0 Å². The molecular formula is C23H16Cl2N2O. The molecule has 0 N–H and O–H groups in total. The molecule has 0 unspecified atom stereocenters. The molecule has 3 nitrogen and oxygen atoms in total. The van der Waals surface area contributed by atoms with E-state index in [4.69, 9.17) is 23.2 Å². The Morgan fingerprint density at radius 3 is 2.25 bits per heavy atom. The van der Waals surface area contributed by atoms with Crippen LogP contribution in [-0.2, 0) is 4.79 Å². The smallest absolute Gasteiger partial charge is 0.266 e. The molecule has 1 amide bonds. The highest BCUT2D eigenvalue weighted by Gasteiger charge is 2.33. The largest absolute Gasteiger partial charge is 0.282 e. The van der Waals surface area contributed by atoms with E-state index < -0.39 is 0 Å². The van der Waals surface area contributed by atoms with Crippen molar-refractivity contribution in [1.82, 2.24) is 0 Å². The van der Waals surface area contributed by atoms with Crippen LogP contribution in [0.15, 0.2) is 83.5 Å². The molecule has 0 saturated heterocycles. The fourth-order valence-electron chi connectivity index (χ4n) is 2.99. The lowest BCUT2D eigenvalue weighted by Gasteiger charge is -2.19. The zero-order valence-electron chi connectivity index (χ0n) is 15.1. The molecule has 28 heavy (non-hydrogen) atoms. The van der Waals surface area contributed by atoms with Crippen LogP contribution in [0.2, 0.25) is 10.0 Å². The summed E-state index contributed by atoms with van der Waals surface area (Å²) >= 11 is 12.4. The summed E-state index contributed by atoms with van der Waals surface area (Å²) in [5, 5.41) is 1.18. The molecule has 0 bridgehead atoms. The van der Waals surface area contributed by atoms with E-state index in [1.54, 1.807) is 29.2 Å². The maximum atomic E-state index is 13.2. The van der Waals surface area contributed by atoms with Gasteiger partial charge in [0.15, 0.2) is 0 Å². The summed E-state index contributed by atoms with van der Waals surface area (Å²) in [5.74, 6) is 0.313. The van der Waals surface area contributed by atoms with Crippen LogP contribution in [0.25, 0.3) is 6.08 Å². The minimum Gasteiger partial charge on any atom is -0.266 e. The molecule has 1 aliphatic heterocycles. The monoisotopic (exact) mass is 406 g/mol. The lowest BCUT2D eigenvalue weighted by molar-refractivity contribution is -0.113. The molecule has 1 heterocycles. The van der Waals surface area contributed by atoms with Crippen LogP contribution in [0.3, 0.4) is 0 Å². The maximum absolute atomic E-state index is 13.2. The Hall–Kier alpha value is -2.88. The molecule has 1 aliphatic rings. The Morgan fingerprint density at radius 1 is 0.893 bits per heavy atom. The van der Waals surface area contributed by atoms with Gasteiger partial charge in [0.1, 0.15) is 11.5 Å². The summed E-state index contributed by atoms with van der Waals surface area (Å²) in [4.78, 5) is 19.5. The lowest BCUT2D eigenvalue weighted by atomic mass is 10.1. The third-order valence-corrected chi connectivity index (χ3v) is 5.02. The normalized spacial score (nSPS) is 15.2. The molecule has 3 aromatic carbocycles. The van der Waals surface area contributed by atoms with Gasteiger partial charge in [-0.25, -0.2) is 4.99 Å². The van der Waals surface area contributed by atoms with Crippen molar-refractivity contribution in [2.24, 2.45) is 4.99 Å². The molecule has 0 fully saturated rings. The van der Waals surface area contributed by atoms with Crippen LogP contribution in [0.1, 0.15) is 16.7 Å². The highest BCUT2D eigenvalue weighted by Crippen LogP contribution is 2.30. The van der Waals surface area contributed by atoms with Crippen molar-refractivity contribution in [2.45, 2.75) is 6.92 Å². The summed E-state index contributed by atoms with van der Waals surface area (Å²) in [6.07, 6.45) is 1.75. The molecule has 0 aromatic heterocycles. The Balaban J connectivity index is 1.84. The first-order chi connectivity index (χ1) is 13.5. The molecule has 5 heteroatoms. The van der Waals surface area contributed by atoms with Crippen LogP contribution in [0.4, 0.5) is 5.69 Å². The Kier molecular flexibility index (Phi) is 5.03. The summed E-state index contributed by atoms with van der Waals surface area (Å²) in [5.41, 5.74) is 3.76. The Labute approximate surface area is 173 Å². The minimum absolute atomic E-state index is 0.200. The molecule has 0 saturated carbocycles. The lowest BCUT2D eigenvalue weighted by Crippen LogP contribution is -2.32. The topological polar surface area (TPSA) is 32.7 Å². The van der Waals surface area contributed by atoms with E-state index in [1.807, 2.05) is 61.5 Å². The number of benzene rings is 3. The van der Waals surface area contributed by atoms with Crippen molar-refractivity contribution < 1.29 is 4.79 Å². The Morgan fingerprint density at radius 2 is 1.57 bits per heavy atom. The van der Waals surface area contributed by atoms with Gasteiger partial charge in [0.25, 0.3) is 5.91 Å². The third kappa shape index (κ3) is 3.59. The first-order valence-electron chi connectivity index (χ1n) is 8.75. The standard InChI is InChI=1S/C23H16Cl2N2O/c1-15-6-12-18(13-7-15)27-22(19-4-2-3-5-20(19)25)26-21(23(27)28)14-16-8-10-17(24)11-9-16/h2-14H,1H3/b21-14+. The van der Waals surface area contributed by atoms with E-state index in [0.29, 0.717) is 27.1 Å². The maximum Gasteiger partial charge on any atom is 0.282 e. The number of aryl methyl sites for hydroxylation is 1. The van der Waals surface area contributed by atoms with Crippen molar-refractivity contribution in [3.8, 4) is 0 Å². The number of carbonyl (C=O) groups excluding carboxylic acids is 1. The van der Waals surface area contributed by atoms with Gasteiger partial charge in [-0.05, 0) is 55.0 Å². The van der Waals surface area contributed by atoms with Gasteiger partial charge in [0.05, 0.1) is 10.7 Å². The number of nitrogens with zero attached hydrogens (tertiary/aromatic N) is 2. The van der Waals surface area contributed by atoms with Gasteiger partial charge in [-0.15, -0.1) is 0 Å².